The quantitative estimate of drug-likeness (QED) is 0.482. The Balaban J connectivity index is 4.81. The maximum Gasteiger partial charge on any atom is 0.0997 e. The highest BCUT2D eigenvalue weighted by Crippen LogP contribution is 2.18. The van der Waals surface area contributed by atoms with E-state index in [2.05, 4.69) is 46.2 Å². The molecule has 0 aliphatic rings. The van der Waals surface area contributed by atoms with Gasteiger partial charge < -0.3 is 0 Å². The summed E-state index contributed by atoms with van der Waals surface area (Å²) in [7, 11) is 0. The van der Waals surface area contributed by atoms with Crippen LogP contribution in [0.4, 0.5) is 0 Å². The Morgan fingerprint density at radius 3 is 2.18 bits per heavy atom. The van der Waals surface area contributed by atoms with Gasteiger partial charge in [0.1, 0.15) is 0 Å². The second-order valence-corrected chi connectivity index (χ2v) is 3.99. The van der Waals surface area contributed by atoms with E-state index in [1.54, 1.807) is 12.2 Å². The van der Waals surface area contributed by atoms with E-state index in [9.17, 15) is 0 Å². The van der Waals surface area contributed by atoms with E-state index in [4.69, 9.17) is 5.26 Å². The molecule has 0 amide bonds. The molecule has 0 atom stereocenters. The topological polar surface area (TPSA) is 23.8 Å². The average Bonchev–Trinajstić information content (AvgIpc) is 2.31. The number of hydrogen-bond acceptors (Lipinski definition) is 1. The Hall–Kier alpha value is -2.07. The van der Waals surface area contributed by atoms with E-state index < -0.39 is 0 Å². The second-order valence-electron chi connectivity index (χ2n) is 3.99. The fourth-order valence-corrected chi connectivity index (χ4v) is 0.997. The van der Waals surface area contributed by atoms with Crippen LogP contribution in [0, 0.1) is 17.2 Å². The summed E-state index contributed by atoms with van der Waals surface area (Å²) in [4.78, 5) is 0. The maximum atomic E-state index is 8.93. The van der Waals surface area contributed by atoms with Crippen molar-refractivity contribution in [1.82, 2.24) is 0 Å². The lowest BCUT2D eigenvalue weighted by molar-refractivity contribution is 0.795. The number of nitrogens with zero attached hydrogens (tertiary/aromatic N) is 1. The molecule has 0 N–H and O–H groups in total. The van der Waals surface area contributed by atoms with Crippen molar-refractivity contribution in [3.63, 3.8) is 0 Å². The molecule has 0 aliphatic carbocycles. The van der Waals surface area contributed by atoms with E-state index >= 15 is 0 Å². The molecule has 0 aromatic rings. The molecule has 0 aromatic carbocycles. The lowest BCUT2D eigenvalue weighted by atomic mass is 9.98. The summed E-state index contributed by atoms with van der Waals surface area (Å²) in [6.07, 6.45) is 6.92. The molecule has 0 aliphatic heterocycles. The largest absolute Gasteiger partial charge is 0.192 e. The Labute approximate surface area is 104 Å². The van der Waals surface area contributed by atoms with Crippen LogP contribution in [0.2, 0.25) is 0 Å². The third-order valence-electron chi connectivity index (χ3n) is 2.36. The zero-order valence-electron chi connectivity index (χ0n) is 10.7. The molecule has 17 heavy (non-hydrogen) atoms. The SMILES string of the molecule is C=C/C=C(/C#N)C(=C)C(=C)/C=C\C(=C)C(C)C. The normalized spacial score (nSPS) is 11.3. The summed E-state index contributed by atoms with van der Waals surface area (Å²) in [6, 6.07) is 2.07. The average molecular weight is 225 g/mol. The first-order valence-electron chi connectivity index (χ1n) is 5.42. The molecule has 88 valence electrons. The van der Waals surface area contributed by atoms with Gasteiger partial charge in [0.2, 0.25) is 0 Å². The van der Waals surface area contributed by atoms with Gasteiger partial charge in [-0.3, -0.25) is 0 Å². The second kappa shape index (κ2) is 7.24. The van der Waals surface area contributed by atoms with Crippen LogP contribution in [0.5, 0.6) is 0 Å². The standard InChI is InChI=1S/C16H19N/c1-7-8-16(11-17)15(6)14(5)10-9-13(4)12(2)3/h7-10,12H,1,4-6H2,2-3H3/b10-9-,16-8-. The highest BCUT2D eigenvalue weighted by Gasteiger charge is 2.03. The molecule has 0 fully saturated rings. The van der Waals surface area contributed by atoms with Gasteiger partial charge in [-0.15, -0.1) is 0 Å². The van der Waals surface area contributed by atoms with Gasteiger partial charge in [-0.25, -0.2) is 0 Å². The summed E-state index contributed by atoms with van der Waals surface area (Å²) in [5.74, 6) is 0.395. The van der Waals surface area contributed by atoms with Crippen LogP contribution in [0.25, 0.3) is 0 Å². The van der Waals surface area contributed by atoms with Gasteiger partial charge in [-0.2, -0.15) is 5.26 Å². The molecule has 1 nitrogen and oxygen atoms in total. The van der Waals surface area contributed by atoms with Crippen LogP contribution in [-0.4, -0.2) is 0 Å². The Bertz CT molecular complexity index is 437. The highest BCUT2D eigenvalue weighted by molar-refractivity contribution is 5.55. The summed E-state index contributed by atoms with van der Waals surface area (Å²) in [5.41, 5.74) is 2.82. The van der Waals surface area contributed by atoms with Gasteiger partial charge in [0.15, 0.2) is 0 Å². The molecule has 0 radical (unpaired) electrons. The van der Waals surface area contributed by atoms with Crippen molar-refractivity contribution in [2.24, 2.45) is 5.92 Å². The van der Waals surface area contributed by atoms with Gasteiger partial charge >= 0.3 is 0 Å². The van der Waals surface area contributed by atoms with Crippen molar-refractivity contribution >= 4 is 0 Å². The number of hydrogen-bond donors (Lipinski definition) is 0. The minimum atomic E-state index is 0.395. The lowest BCUT2D eigenvalue weighted by Crippen LogP contribution is -1.90. The van der Waals surface area contributed by atoms with Crippen molar-refractivity contribution in [1.29, 1.82) is 5.26 Å². The first-order valence-corrected chi connectivity index (χ1v) is 5.42. The zero-order chi connectivity index (χ0) is 13.4. The van der Waals surface area contributed by atoms with Crippen LogP contribution in [0.3, 0.4) is 0 Å². The van der Waals surface area contributed by atoms with E-state index in [0.29, 0.717) is 22.6 Å². The zero-order valence-corrected chi connectivity index (χ0v) is 10.7. The van der Waals surface area contributed by atoms with Crippen LogP contribution in [0.1, 0.15) is 13.8 Å². The Kier molecular flexibility index (Phi) is 6.36. The summed E-state index contributed by atoms with van der Waals surface area (Å²) in [6.45, 7) is 19.4. The molecule has 0 bridgehead atoms. The third-order valence-corrected chi connectivity index (χ3v) is 2.36. The van der Waals surface area contributed by atoms with Crippen molar-refractivity contribution in [2.75, 3.05) is 0 Å². The van der Waals surface area contributed by atoms with Crippen LogP contribution >= 0.6 is 0 Å². The summed E-state index contributed by atoms with van der Waals surface area (Å²) in [5, 5.41) is 8.93. The minimum absolute atomic E-state index is 0.395. The van der Waals surface area contributed by atoms with Crippen molar-refractivity contribution in [3.05, 3.63) is 72.9 Å². The number of rotatable bonds is 6. The van der Waals surface area contributed by atoms with Crippen molar-refractivity contribution in [3.8, 4) is 6.07 Å². The fraction of sp³-hybridized carbons (Fsp3) is 0.188. The maximum absolute atomic E-state index is 8.93. The molecule has 0 spiro atoms. The first kappa shape index (κ1) is 14.9. The predicted molar refractivity (Wildman–Crippen MR) is 75.3 cm³/mol. The predicted octanol–water partition coefficient (Wildman–Crippen LogP) is 4.50. The molecule has 0 unspecified atom stereocenters. The summed E-state index contributed by atoms with van der Waals surface area (Å²) < 4.78 is 0. The number of allylic oxidation sites excluding steroid dienone is 8. The molecular formula is C16H19N. The Morgan fingerprint density at radius 1 is 1.18 bits per heavy atom. The van der Waals surface area contributed by atoms with E-state index in [1.165, 1.54) is 0 Å². The van der Waals surface area contributed by atoms with Gasteiger partial charge in [-0.1, -0.05) is 64.0 Å². The van der Waals surface area contributed by atoms with Crippen molar-refractivity contribution < 1.29 is 0 Å². The van der Waals surface area contributed by atoms with Gasteiger partial charge in [-0.05, 0) is 23.1 Å². The van der Waals surface area contributed by atoms with Crippen molar-refractivity contribution in [2.45, 2.75) is 13.8 Å². The van der Waals surface area contributed by atoms with Crippen LogP contribution in [0.15, 0.2) is 72.9 Å². The molecule has 1 heteroatoms. The molecule has 0 heterocycles. The van der Waals surface area contributed by atoms with Gasteiger partial charge in [0, 0.05) is 0 Å². The van der Waals surface area contributed by atoms with Gasteiger partial charge in [0.05, 0.1) is 11.6 Å². The monoisotopic (exact) mass is 225 g/mol. The molecule has 0 aromatic heterocycles. The minimum Gasteiger partial charge on any atom is -0.192 e. The van der Waals surface area contributed by atoms with E-state index in [1.807, 2.05) is 12.2 Å². The molecule has 0 saturated heterocycles. The van der Waals surface area contributed by atoms with Gasteiger partial charge in [0.25, 0.3) is 0 Å². The summed E-state index contributed by atoms with van der Waals surface area (Å²) >= 11 is 0. The molecule has 0 saturated carbocycles. The first-order chi connectivity index (χ1) is 7.93. The molecule has 0 rings (SSSR count). The van der Waals surface area contributed by atoms with Crippen LogP contribution in [-0.2, 0) is 0 Å². The van der Waals surface area contributed by atoms with E-state index in [-0.39, 0.29) is 0 Å². The smallest absolute Gasteiger partial charge is 0.0997 e. The molecular weight excluding hydrogens is 206 g/mol. The Morgan fingerprint density at radius 2 is 1.76 bits per heavy atom. The van der Waals surface area contributed by atoms with E-state index in [0.717, 1.165) is 5.57 Å². The number of nitriles is 1. The highest BCUT2D eigenvalue weighted by atomic mass is 14.2. The fourth-order valence-electron chi connectivity index (χ4n) is 0.997. The third kappa shape index (κ3) is 4.99. The van der Waals surface area contributed by atoms with Crippen LogP contribution < -0.4 is 0 Å². The lowest BCUT2D eigenvalue weighted by Gasteiger charge is -2.05.